The van der Waals surface area contributed by atoms with Gasteiger partial charge in [0, 0.05) is 26.2 Å². The summed E-state index contributed by atoms with van der Waals surface area (Å²) in [5, 5.41) is 1.70. The summed E-state index contributed by atoms with van der Waals surface area (Å²) in [6.07, 6.45) is 3.61. The first-order valence-corrected chi connectivity index (χ1v) is 5.34. The molecule has 0 bridgehead atoms. The molecule has 0 N–H and O–H groups in total. The zero-order valence-corrected chi connectivity index (χ0v) is 9.30. The van der Waals surface area contributed by atoms with Gasteiger partial charge in [-0.3, -0.25) is 9.78 Å². The minimum Gasteiger partial charge on any atom is -0.368 e. The summed E-state index contributed by atoms with van der Waals surface area (Å²) in [5.41, 5.74) is 1.12. The number of pyridine rings is 1. The third kappa shape index (κ3) is 2.70. The summed E-state index contributed by atoms with van der Waals surface area (Å²) >= 11 is 0. The molecule has 0 spiro atoms. The van der Waals surface area contributed by atoms with E-state index in [1.54, 1.807) is 11.3 Å². The zero-order valence-electron chi connectivity index (χ0n) is 9.30. The summed E-state index contributed by atoms with van der Waals surface area (Å²) in [6.45, 7) is 4.58. The Bertz CT molecular complexity index is 348. The molecule has 2 heterocycles. The Morgan fingerprint density at radius 2 is 2.12 bits per heavy atom. The van der Waals surface area contributed by atoms with Crippen molar-refractivity contribution in [2.45, 2.75) is 6.92 Å². The molecule has 0 aliphatic carbocycles. The lowest BCUT2D eigenvalue weighted by Crippen LogP contribution is -2.46. The van der Waals surface area contributed by atoms with Crippen LogP contribution in [0.4, 0.5) is 5.69 Å². The number of nitrogens with zero attached hydrogens (tertiary/aromatic N) is 3. The number of hydrogen-bond acceptors (Lipinski definition) is 5. The van der Waals surface area contributed by atoms with Crippen molar-refractivity contribution in [2.75, 3.05) is 31.1 Å². The fraction of sp³-hybridized carbons (Fsp3) is 0.455. The molecule has 0 amide bonds. The number of carbonyl (C=O) groups excluding carboxylic acids is 1. The standard InChI is InChI=1S/C11H15N3O2/c1-10(15)16-14-7-5-13(6-8-14)11-3-2-4-12-9-11/h2-4,9H,5-8H2,1H3. The van der Waals surface area contributed by atoms with Gasteiger partial charge in [-0.25, -0.2) is 0 Å². The van der Waals surface area contributed by atoms with Crippen LogP contribution in [0.2, 0.25) is 0 Å². The van der Waals surface area contributed by atoms with E-state index in [0.29, 0.717) is 0 Å². The Balaban J connectivity index is 1.88. The Kier molecular flexibility index (Phi) is 3.36. The van der Waals surface area contributed by atoms with Crippen molar-refractivity contribution >= 4 is 11.7 Å². The average Bonchev–Trinajstić information content (AvgIpc) is 2.30. The van der Waals surface area contributed by atoms with Gasteiger partial charge in [-0.2, -0.15) is 0 Å². The van der Waals surface area contributed by atoms with Gasteiger partial charge in [0.2, 0.25) is 0 Å². The number of carbonyl (C=O) groups is 1. The second-order valence-corrected chi connectivity index (χ2v) is 3.71. The van der Waals surface area contributed by atoms with Crippen LogP contribution in [-0.2, 0) is 9.63 Å². The first-order chi connectivity index (χ1) is 7.75. The lowest BCUT2D eigenvalue weighted by atomic mass is 10.3. The van der Waals surface area contributed by atoms with Gasteiger partial charge in [0.25, 0.3) is 0 Å². The van der Waals surface area contributed by atoms with E-state index in [1.807, 2.05) is 18.3 Å². The van der Waals surface area contributed by atoms with E-state index in [0.717, 1.165) is 31.9 Å². The largest absolute Gasteiger partial charge is 0.368 e. The molecule has 16 heavy (non-hydrogen) atoms. The second-order valence-electron chi connectivity index (χ2n) is 3.71. The third-order valence-corrected chi connectivity index (χ3v) is 2.51. The highest BCUT2D eigenvalue weighted by molar-refractivity contribution is 5.65. The van der Waals surface area contributed by atoms with Crippen LogP contribution in [0.3, 0.4) is 0 Å². The van der Waals surface area contributed by atoms with Crippen molar-refractivity contribution < 1.29 is 9.63 Å². The van der Waals surface area contributed by atoms with Gasteiger partial charge < -0.3 is 9.74 Å². The van der Waals surface area contributed by atoms with Gasteiger partial charge in [0.05, 0.1) is 25.0 Å². The summed E-state index contributed by atoms with van der Waals surface area (Å²) < 4.78 is 0. The van der Waals surface area contributed by atoms with Crippen molar-refractivity contribution in [1.82, 2.24) is 10.0 Å². The zero-order chi connectivity index (χ0) is 11.4. The molecule has 5 nitrogen and oxygen atoms in total. The molecule has 1 aliphatic rings. The number of rotatable bonds is 2. The van der Waals surface area contributed by atoms with Crippen LogP contribution in [0.15, 0.2) is 24.5 Å². The van der Waals surface area contributed by atoms with Crippen LogP contribution in [0, 0.1) is 0 Å². The molecule has 1 fully saturated rings. The van der Waals surface area contributed by atoms with Crippen LogP contribution in [0.25, 0.3) is 0 Å². The molecule has 1 aromatic heterocycles. The van der Waals surface area contributed by atoms with Crippen LogP contribution in [-0.4, -0.2) is 42.2 Å². The van der Waals surface area contributed by atoms with Crippen molar-refractivity contribution in [1.29, 1.82) is 0 Å². The van der Waals surface area contributed by atoms with E-state index < -0.39 is 0 Å². The molecule has 2 rings (SSSR count). The topological polar surface area (TPSA) is 45.7 Å². The average molecular weight is 221 g/mol. The molecular weight excluding hydrogens is 206 g/mol. The van der Waals surface area contributed by atoms with Crippen molar-refractivity contribution in [3.05, 3.63) is 24.5 Å². The molecule has 1 aromatic rings. The van der Waals surface area contributed by atoms with E-state index in [-0.39, 0.29) is 5.97 Å². The van der Waals surface area contributed by atoms with E-state index in [2.05, 4.69) is 9.88 Å². The molecule has 86 valence electrons. The summed E-state index contributed by atoms with van der Waals surface area (Å²) in [4.78, 5) is 22.1. The molecule has 1 aliphatic heterocycles. The Labute approximate surface area is 94.6 Å². The minimum atomic E-state index is -0.255. The second kappa shape index (κ2) is 4.94. The van der Waals surface area contributed by atoms with Gasteiger partial charge in [0.15, 0.2) is 0 Å². The molecule has 0 unspecified atom stereocenters. The SMILES string of the molecule is CC(=O)ON1CCN(c2cccnc2)CC1. The third-order valence-electron chi connectivity index (χ3n) is 2.51. The monoisotopic (exact) mass is 221 g/mol. The van der Waals surface area contributed by atoms with Crippen molar-refractivity contribution in [3.63, 3.8) is 0 Å². The van der Waals surface area contributed by atoms with Gasteiger partial charge >= 0.3 is 5.97 Å². The van der Waals surface area contributed by atoms with Crippen molar-refractivity contribution in [3.8, 4) is 0 Å². The Hall–Kier alpha value is -1.62. The number of hydroxylamine groups is 2. The minimum absolute atomic E-state index is 0.255. The lowest BCUT2D eigenvalue weighted by Gasteiger charge is -2.34. The van der Waals surface area contributed by atoms with Crippen LogP contribution in [0.5, 0.6) is 0 Å². The summed E-state index contributed by atoms with van der Waals surface area (Å²) in [6, 6.07) is 3.96. The molecule has 0 radical (unpaired) electrons. The number of piperazine rings is 1. The maximum absolute atomic E-state index is 10.8. The normalized spacial score (nSPS) is 17.2. The maximum atomic E-state index is 10.8. The van der Waals surface area contributed by atoms with Crippen LogP contribution >= 0.6 is 0 Å². The molecule has 0 aromatic carbocycles. The number of anilines is 1. The van der Waals surface area contributed by atoms with Crippen molar-refractivity contribution in [2.24, 2.45) is 0 Å². The van der Waals surface area contributed by atoms with E-state index >= 15 is 0 Å². The quantitative estimate of drug-likeness (QED) is 0.735. The fourth-order valence-corrected chi connectivity index (χ4v) is 1.76. The summed E-state index contributed by atoms with van der Waals surface area (Å²) in [7, 11) is 0. The van der Waals surface area contributed by atoms with Crippen LogP contribution in [0.1, 0.15) is 6.92 Å². The van der Waals surface area contributed by atoms with Gasteiger partial charge in [-0.1, -0.05) is 0 Å². The predicted molar refractivity (Wildman–Crippen MR) is 59.8 cm³/mol. The molecule has 5 heteroatoms. The lowest BCUT2D eigenvalue weighted by molar-refractivity contribution is -0.188. The van der Waals surface area contributed by atoms with Gasteiger partial charge in [0.1, 0.15) is 0 Å². The summed E-state index contributed by atoms with van der Waals surface area (Å²) in [5.74, 6) is -0.255. The van der Waals surface area contributed by atoms with E-state index in [4.69, 9.17) is 4.84 Å². The van der Waals surface area contributed by atoms with E-state index in [1.165, 1.54) is 6.92 Å². The van der Waals surface area contributed by atoms with Crippen LogP contribution < -0.4 is 4.90 Å². The highest BCUT2D eigenvalue weighted by atomic mass is 16.7. The highest BCUT2D eigenvalue weighted by Gasteiger charge is 2.18. The number of hydrogen-bond donors (Lipinski definition) is 0. The number of aromatic nitrogens is 1. The molecule has 0 atom stereocenters. The van der Waals surface area contributed by atoms with E-state index in [9.17, 15) is 4.79 Å². The van der Waals surface area contributed by atoms with Gasteiger partial charge in [-0.05, 0) is 12.1 Å². The fourth-order valence-electron chi connectivity index (χ4n) is 1.76. The Morgan fingerprint density at radius 1 is 1.38 bits per heavy atom. The maximum Gasteiger partial charge on any atom is 0.322 e. The first kappa shape index (κ1) is 10.9. The molecular formula is C11H15N3O2. The smallest absolute Gasteiger partial charge is 0.322 e. The Morgan fingerprint density at radius 3 is 2.69 bits per heavy atom. The predicted octanol–water partition coefficient (Wildman–Crippen LogP) is 0.682. The first-order valence-electron chi connectivity index (χ1n) is 5.34. The van der Waals surface area contributed by atoms with Gasteiger partial charge in [-0.15, -0.1) is 5.06 Å². The molecule has 1 saturated heterocycles. The molecule has 0 saturated carbocycles. The highest BCUT2D eigenvalue weighted by Crippen LogP contribution is 2.14.